The first-order chi connectivity index (χ1) is 18.9. The zero-order chi connectivity index (χ0) is 28.9. The fourth-order valence-corrected chi connectivity index (χ4v) is 10.4. The Labute approximate surface area is 252 Å². The second-order valence-electron chi connectivity index (χ2n) is 15.0. The van der Waals surface area contributed by atoms with Crippen molar-refractivity contribution >= 4 is 27.7 Å². The second kappa shape index (κ2) is 11.3. The number of halogens is 1. The molecular formula is C36H52BrNO2. The van der Waals surface area contributed by atoms with Crippen molar-refractivity contribution in [2.24, 2.45) is 39.9 Å². The van der Waals surface area contributed by atoms with Crippen LogP contribution in [0.2, 0.25) is 0 Å². The number of benzene rings is 1. The predicted octanol–water partition coefficient (Wildman–Crippen LogP) is 11.1. The van der Waals surface area contributed by atoms with E-state index in [2.05, 4.69) is 75.8 Å². The van der Waals surface area contributed by atoms with Crippen LogP contribution >= 0.6 is 15.9 Å². The van der Waals surface area contributed by atoms with Gasteiger partial charge in [0.1, 0.15) is 6.10 Å². The molecule has 0 heterocycles. The summed E-state index contributed by atoms with van der Waals surface area (Å²) in [6.07, 6.45) is 14.6. The highest BCUT2D eigenvalue weighted by Crippen LogP contribution is 2.70. The van der Waals surface area contributed by atoms with E-state index in [1.807, 2.05) is 35.4 Å². The van der Waals surface area contributed by atoms with Crippen molar-refractivity contribution in [3.8, 4) is 0 Å². The highest BCUT2D eigenvalue weighted by atomic mass is 79.9. The number of amides is 1. The topological polar surface area (TPSA) is 38.3 Å². The third-order valence-electron chi connectivity index (χ3n) is 12.2. The zero-order valence-corrected chi connectivity index (χ0v) is 27.6. The smallest absolute Gasteiger partial charge is 0.411 e. The van der Waals surface area contributed by atoms with Crippen molar-refractivity contribution in [2.75, 3.05) is 5.32 Å². The normalized spacial score (nSPS) is 35.2. The third kappa shape index (κ3) is 5.36. The third-order valence-corrected chi connectivity index (χ3v) is 12.7. The molecule has 1 N–H and O–H groups in total. The van der Waals surface area contributed by atoms with E-state index in [0.29, 0.717) is 22.7 Å². The molecule has 0 spiro atoms. The number of hydrogen-bond acceptors (Lipinski definition) is 2. The first-order valence-electron chi connectivity index (χ1n) is 15.9. The first kappa shape index (κ1) is 29.9. The van der Waals surface area contributed by atoms with Gasteiger partial charge in [0.05, 0.1) is 0 Å². The average Bonchev–Trinajstić information content (AvgIpc) is 3.51. The average molecular weight is 611 g/mol. The molecule has 3 nitrogen and oxygen atoms in total. The molecule has 5 rings (SSSR count). The molecule has 4 heteroatoms. The number of allylic oxidation sites excluding steroid dienone is 4. The van der Waals surface area contributed by atoms with E-state index in [1.54, 1.807) is 0 Å². The fraction of sp³-hybridized carbons (Fsp3) is 0.694. The number of hydrogen-bond donors (Lipinski definition) is 1. The number of nitrogens with one attached hydrogen (secondary N) is 1. The minimum Gasteiger partial charge on any atom is -0.445 e. The zero-order valence-electron chi connectivity index (χ0n) is 26.0. The fourth-order valence-electron chi connectivity index (χ4n) is 10.1. The van der Waals surface area contributed by atoms with Gasteiger partial charge in [0.15, 0.2) is 0 Å². The maximum absolute atomic E-state index is 12.9. The quantitative estimate of drug-likeness (QED) is 0.312. The van der Waals surface area contributed by atoms with Crippen LogP contribution in [0, 0.1) is 39.9 Å². The van der Waals surface area contributed by atoms with Gasteiger partial charge in [0.25, 0.3) is 0 Å². The van der Waals surface area contributed by atoms with Gasteiger partial charge in [0.2, 0.25) is 0 Å². The molecule has 1 aromatic rings. The van der Waals surface area contributed by atoms with E-state index in [0.717, 1.165) is 28.4 Å². The van der Waals surface area contributed by atoms with E-state index in [-0.39, 0.29) is 17.6 Å². The van der Waals surface area contributed by atoms with Gasteiger partial charge in [-0.2, -0.15) is 0 Å². The SMILES string of the molecule is CC(C)=CCCC(C)C1=C2CC[C@@H]([C@H]3CC[C@H]4C(C)(C)[C@@H](OC(=O)Nc5ccc(Br)cc5)CC[C@]34C)[C@@]2(C)CC1. The van der Waals surface area contributed by atoms with Crippen molar-refractivity contribution in [3.05, 3.63) is 51.5 Å². The van der Waals surface area contributed by atoms with Crippen molar-refractivity contribution in [1.82, 2.24) is 0 Å². The summed E-state index contributed by atoms with van der Waals surface area (Å²) in [5, 5.41) is 2.95. The number of anilines is 1. The van der Waals surface area contributed by atoms with Crippen LogP contribution in [-0.2, 0) is 4.74 Å². The largest absolute Gasteiger partial charge is 0.445 e. The summed E-state index contributed by atoms with van der Waals surface area (Å²) in [6, 6.07) is 7.68. The predicted molar refractivity (Wildman–Crippen MR) is 170 cm³/mol. The Morgan fingerprint density at radius 1 is 1.02 bits per heavy atom. The highest BCUT2D eigenvalue weighted by Gasteiger charge is 2.63. The maximum Gasteiger partial charge on any atom is 0.411 e. The van der Waals surface area contributed by atoms with Gasteiger partial charge in [-0.05, 0) is 137 Å². The van der Waals surface area contributed by atoms with Crippen molar-refractivity contribution in [1.29, 1.82) is 0 Å². The summed E-state index contributed by atoms with van der Waals surface area (Å²) in [6.45, 7) is 16.9. The van der Waals surface area contributed by atoms with E-state index in [4.69, 9.17) is 4.74 Å². The minimum absolute atomic E-state index is 0.0305. The number of ether oxygens (including phenoxy) is 1. The molecule has 220 valence electrons. The Morgan fingerprint density at radius 3 is 2.45 bits per heavy atom. The molecule has 0 saturated heterocycles. The van der Waals surface area contributed by atoms with Crippen LogP contribution < -0.4 is 5.32 Å². The van der Waals surface area contributed by atoms with Crippen LogP contribution in [0.15, 0.2) is 51.5 Å². The van der Waals surface area contributed by atoms with Gasteiger partial charge in [-0.25, -0.2) is 4.79 Å². The molecule has 0 bridgehead atoms. The Bertz CT molecular complexity index is 1160. The molecule has 4 aliphatic carbocycles. The molecule has 0 aliphatic heterocycles. The lowest BCUT2D eigenvalue weighted by molar-refractivity contribution is -0.104. The minimum atomic E-state index is -0.325. The summed E-state index contributed by atoms with van der Waals surface area (Å²) >= 11 is 3.46. The molecule has 0 radical (unpaired) electrons. The lowest BCUT2D eigenvalue weighted by Gasteiger charge is -2.54. The molecular weight excluding hydrogens is 558 g/mol. The van der Waals surface area contributed by atoms with Crippen LogP contribution in [0.1, 0.15) is 113 Å². The van der Waals surface area contributed by atoms with Crippen molar-refractivity contribution in [3.63, 3.8) is 0 Å². The highest BCUT2D eigenvalue weighted by molar-refractivity contribution is 9.10. The van der Waals surface area contributed by atoms with Crippen LogP contribution in [-0.4, -0.2) is 12.2 Å². The monoisotopic (exact) mass is 609 g/mol. The molecule has 3 fully saturated rings. The summed E-state index contributed by atoms with van der Waals surface area (Å²) in [7, 11) is 0. The van der Waals surface area contributed by atoms with E-state index < -0.39 is 0 Å². The number of carbonyl (C=O) groups excluding carboxylic acids is 1. The van der Waals surface area contributed by atoms with Crippen LogP contribution in [0.5, 0.6) is 0 Å². The van der Waals surface area contributed by atoms with Gasteiger partial charge in [0, 0.05) is 15.6 Å². The molecule has 40 heavy (non-hydrogen) atoms. The van der Waals surface area contributed by atoms with Gasteiger partial charge in [-0.15, -0.1) is 0 Å². The molecule has 1 amide bonds. The van der Waals surface area contributed by atoms with Crippen LogP contribution in [0.4, 0.5) is 10.5 Å². The van der Waals surface area contributed by atoms with Gasteiger partial charge in [-0.1, -0.05) is 73.3 Å². The Kier molecular flexibility index (Phi) is 8.43. The van der Waals surface area contributed by atoms with E-state index in [1.165, 1.54) is 63.4 Å². The summed E-state index contributed by atoms with van der Waals surface area (Å²) in [4.78, 5) is 12.9. The van der Waals surface area contributed by atoms with Gasteiger partial charge in [-0.3, -0.25) is 5.32 Å². The standard InChI is InChI=1S/C36H52BrNO2/c1-23(2)9-8-10-24(3)27-19-21-35(6)28(27)15-16-29(35)30-17-18-31-34(4,5)32(20-22-36(30,31)7)40-33(39)38-26-13-11-25(37)12-14-26/h9,11-14,24,29-32H,8,10,15-22H2,1-7H3,(H,38,39)/t24?,29-,30+,31-,32-,35-,36+/m0/s1. The Morgan fingerprint density at radius 2 is 1.75 bits per heavy atom. The first-order valence-corrected chi connectivity index (χ1v) is 16.7. The summed E-state index contributed by atoms with van der Waals surface area (Å²) in [5.41, 5.74) is 6.58. The number of carbonyl (C=O) groups is 1. The van der Waals surface area contributed by atoms with Crippen LogP contribution in [0.25, 0.3) is 0 Å². The Hall–Kier alpha value is -1.55. The Balaban J connectivity index is 1.28. The van der Waals surface area contributed by atoms with E-state index >= 15 is 0 Å². The van der Waals surface area contributed by atoms with Crippen LogP contribution in [0.3, 0.4) is 0 Å². The lowest BCUT2D eigenvalue weighted by Crippen LogP contribution is -2.52. The molecule has 1 aromatic carbocycles. The molecule has 0 aromatic heterocycles. The van der Waals surface area contributed by atoms with Crippen molar-refractivity contribution < 1.29 is 9.53 Å². The van der Waals surface area contributed by atoms with E-state index in [9.17, 15) is 4.79 Å². The maximum atomic E-state index is 12.9. The number of rotatable bonds is 7. The molecule has 7 atom stereocenters. The molecule has 3 saturated carbocycles. The summed E-state index contributed by atoms with van der Waals surface area (Å²) in [5.74, 6) is 2.88. The van der Waals surface area contributed by atoms with Gasteiger partial charge >= 0.3 is 6.09 Å². The van der Waals surface area contributed by atoms with Crippen molar-refractivity contribution in [2.45, 2.75) is 119 Å². The van der Waals surface area contributed by atoms with Gasteiger partial charge < -0.3 is 4.74 Å². The molecule has 1 unspecified atom stereocenters. The molecule has 4 aliphatic rings. The lowest BCUT2D eigenvalue weighted by atomic mass is 9.52. The second-order valence-corrected chi connectivity index (χ2v) is 15.9. The number of fused-ring (bicyclic) bond motifs is 2. The summed E-state index contributed by atoms with van der Waals surface area (Å²) < 4.78 is 7.15.